The number of hydrogen-bond donors (Lipinski definition) is 3. The number of likely N-dealkylation sites (tertiary alicyclic amines) is 1. The molecule has 7 rings (SSSR count). The van der Waals surface area contributed by atoms with Crippen LogP contribution in [-0.2, 0) is 20.1 Å². The number of amides is 1. The van der Waals surface area contributed by atoms with E-state index in [4.69, 9.17) is 9.97 Å². The molecule has 9 nitrogen and oxygen atoms in total. The van der Waals surface area contributed by atoms with Crippen LogP contribution in [0.1, 0.15) is 21.7 Å². The lowest BCUT2D eigenvalue weighted by atomic mass is 10.1. The summed E-state index contributed by atoms with van der Waals surface area (Å²) >= 11 is 0. The lowest BCUT2D eigenvalue weighted by molar-refractivity contribution is -0.113. The van der Waals surface area contributed by atoms with Gasteiger partial charge in [0.1, 0.15) is 11.5 Å². The van der Waals surface area contributed by atoms with E-state index in [-0.39, 0.29) is 0 Å². The van der Waals surface area contributed by atoms with Crippen LogP contribution < -0.4 is 10.6 Å². The summed E-state index contributed by atoms with van der Waals surface area (Å²) in [5.74, 6) is -1.90. The SMILES string of the molecule is Cn1c(C(=O)N2CC(F)(F)C2)cc2ccc(-c3nc4c(c(Nc5ccc(-c6cn[nH]c6)cc5)n3)CNC4)cc21. The third kappa shape index (κ3) is 4.11. The van der Waals surface area contributed by atoms with E-state index in [0.717, 1.165) is 50.4 Å². The Hall–Kier alpha value is -4.64. The minimum absolute atomic E-state index is 0.373. The van der Waals surface area contributed by atoms with Gasteiger partial charge in [0.25, 0.3) is 11.8 Å². The molecule has 0 spiro atoms. The average molecular weight is 527 g/mol. The van der Waals surface area contributed by atoms with Gasteiger partial charge in [-0.05, 0) is 29.8 Å². The number of H-pyrrole nitrogens is 1. The van der Waals surface area contributed by atoms with Crippen molar-refractivity contribution in [2.24, 2.45) is 7.05 Å². The molecule has 0 radical (unpaired) electrons. The molecule has 0 atom stereocenters. The van der Waals surface area contributed by atoms with Crippen LogP contribution >= 0.6 is 0 Å². The zero-order valence-corrected chi connectivity index (χ0v) is 21.0. The highest BCUT2D eigenvalue weighted by molar-refractivity contribution is 6.00. The fourth-order valence-electron chi connectivity index (χ4n) is 5.18. The first-order valence-electron chi connectivity index (χ1n) is 12.6. The minimum Gasteiger partial charge on any atom is -0.340 e. The van der Waals surface area contributed by atoms with Crippen molar-refractivity contribution in [3.05, 3.63) is 77.9 Å². The number of aromatic amines is 1. The third-order valence-electron chi connectivity index (χ3n) is 7.32. The van der Waals surface area contributed by atoms with Crippen molar-refractivity contribution in [2.45, 2.75) is 19.0 Å². The Morgan fingerprint density at radius 3 is 2.54 bits per heavy atom. The number of alkyl halides is 2. The number of aromatic nitrogens is 5. The van der Waals surface area contributed by atoms with Gasteiger partial charge in [-0.15, -0.1) is 0 Å². The van der Waals surface area contributed by atoms with Gasteiger partial charge < -0.3 is 20.1 Å². The molecule has 0 unspecified atom stereocenters. The van der Waals surface area contributed by atoms with Gasteiger partial charge in [-0.3, -0.25) is 9.89 Å². The molecule has 0 saturated carbocycles. The zero-order valence-electron chi connectivity index (χ0n) is 21.0. The largest absolute Gasteiger partial charge is 0.340 e. The van der Waals surface area contributed by atoms with Gasteiger partial charge in [0.05, 0.1) is 25.0 Å². The van der Waals surface area contributed by atoms with E-state index in [2.05, 4.69) is 20.8 Å². The lowest BCUT2D eigenvalue weighted by Crippen LogP contribution is -2.58. The Labute approximate surface area is 221 Å². The maximum absolute atomic E-state index is 13.3. The fraction of sp³-hybridized carbons (Fsp3) is 0.214. The van der Waals surface area contributed by atoms with Crippen LogP contribution in [0.25, 0.3) is 33.4 Å². The summed E-state index contributed by atoms with van der Waals surface area (Å²) in [4.78, 5) is 23.7. The van der Waals surface area contributed by atoms with Gasteiger partial charge >= 0.3 is 0 Å². The van der Waals surface area contributed by atoms with E-state index in [1.807, 2.05) is 48.7 Å². The summed E-state index contributed by atoms with van der Waals surface area (Å²) in [6.45, 7) is 0.224. The van der Waals surface area contributed by atoms with Crippen LogP contribution in [-0.4, -0.2) is 54.6 Å². The first-order valence-corrected chi connectivity index (χ1v) is 12.6. The number of aryl methyl sites for hydroxylation is 1. The van der Waals surface area contributed by atoms with E-state index in [1.165, 1.54) is 4.90 Å². The zero-order chi connectivity index (χ0) is 26.7. The summed E-state index contributed by atoms with van der Waals surface area (Å²) in [5.41, 5.74) is 6.90. The molecule has 3 N–H and O–H groups in total. The minimum atomic E-state index is -2.80. The predicted octanol–water partition coefficient (Wildman–Crippen LogP) is 4.46. The molecule has 2 aliphatic rings. The Morgan fingerprint density at radius 1 is 1.00 bits per heavy atom. The number of anilines is 2. The van der Waals surface area contributed by atoms with Crippen molar-refractivity contribution in [3.8, 4) is 22.5 Å². The van der Waals surface area contributed by atoms with Gasteiger partial charge in [0, 0.05) is 59.6 Å². The smallest absolute Gasteiger partial charge is 0.282 e. The Balaban J connectivity index is 1.20. The van der Waals surface area contributed by atoms with Gasteiger partial charge in [0.15, 0.2) is 5.82 Å². The van der Waals surface area contributed by atoms with Crippen molar-refractivity contribution in [1.82, 2.24) is 34.9 Å². The average Bonchev–Trinajstić information content (AvgIpc) is 3.68. The summed E-state index contributed by atoms with van der Waals surface area (Å²) in [5, 5.41) is 14.5. The van der Waals surface area contributed by atoms with E-state index in [9.17, 15) is 13.6 Å². The maximum atomic E-state index is 13.3. The summed E-state index contributed by atoms with van der Waals surface area (Å²) < 4.78 is 28.4. The van der Waals surface area contributed by atoms with E-state index < -0.39 is 24.9 Å². The van der Waals surface area contributed by atoms with E-state index >= 15 is 0 Å². The molecule has 0 aliphatic carbocycles. The number of fused-ring (bicyclic) bond motifs is 2. The van der Waals surface area contributed by atoms with E-state index in [0.29, 0.717) is 24.6 Å². The van der Waals surface area contributed by atoms with Crippen molar-refractivity contribution < 1.29 is 13.6 Å². The van der Waals surface area contributed by atoms with Gasteiger partial charge in [-0.1, -0.05) is 24.3 Å². The van der Waals surface area contributed by atoms with Crippen molar-refractivity contribution in [3.63, 3.8) is 0 Å². The van der Waals surface area contributed by atoms with Gasteiger partial charge in [-0.25, -0.2) is 18.7 Å². The van der Waals surface area contributed by atoms with Crippen LogP contribution in [0.5, 0.6) is 0 Å². The molecule has 11 heteroatoms. The second kappa shape index (κ2) is 8.70. The quantitative estimate of drug-likeness (QED) is 0.312. The second-order valence-electron chi connectivity index (χ2n) is 9.99. The summed E-state index contributed by atoms with van der Waals surface area (Å²) in [6.07, 6.45) is 3.63. The predicted molar refractivity (Wildman–Crippen MR) is 143 cm³/mol. The molecule has 0 bridgehead atoms. The highest BCUT2D eigenvalue weighted by atomic mass is 19.3. The van der Waals surface area contributed by atoms with Gasteiger partial charge in [0.2, 0.25) is 0 Å². The third-order valence-corrected chi connectivity index (χ3v) is 7.32. The first kappa shape index (κ1) is 23.5. The number of carbonyl (C=O) groups excluding carboxylic acids is 1. The molecular formula is C28H24F2N8O. The number of benzene rings is 2. The molecule has 1 fully saturated rings. The number of nitrogens with zero attached hydrogens (tertiary/aromatic N) is 5. The highest BCUT2D eigenvalue weighted by Gasteiger charge is 2.46. The van der Waals surface area contributed by atoms with Crippen LogP contribution in [0.3, 0.4) is 0 Å². The Bertz CT molecular complexity index is 1720. The maximum Gasteiger partial charge on any atom is 0.282 e. The molecular weight excluding hydrogens is 502 g/mol. The van der Waals surface area contributed by atoms with E-state index in [1.54, 1.807) is 23.9 Å². The van der Waals surface area contributed by atoms with Crippen LogP contribution in [0.15, 0.2) is 60.9 Å². The first-order chi connectivity index (χ1) is 18.8. The normalized spacial score (nSPS) is 15.8. The number of halogens is 2. The monoisotopic (exact) mass is 526 g/mol. The van der Waals surface area contributed by atoms with Crippen molar-refractivity contribution in [1.29, 1.82) is 0 Å². The second-order valence-corrected chi connectivity index (χ2v) is 9.99. The lowest BCUT2D eigenvalue weighted by Gasteiger charge is -2.38. The Morgan fingerprint density at radius 2 is 1.79 bits per heavy atom. The molecule has 196 valence electrons. The van der Waals surface area contributed by atoms with Crippen LogP contribution in [0.4, 0.5) is 20.3 Å². The molecule has 39 heavy (non-hydrogen) atoms. The fourth-order valence-corrected chi connectivity index (χ4v) is 5.18. The summed E-state index contributed by atoms with van der Waals surface area (Å²) in [6, 6.07) is 15.6. The van der Waals surface area contributed by atoms with Crippen molar-refractivity contribution >= 4 is 28.3 Å². The van der Waals surface area contributed by atoms with Gasteiger partial charge in [-0.2, -0.15) is 5.10 Å². The number of rotatable bonds is 5. The van der Waals surface area contributed by atoms with Crippen molar-refractivity contribution in [2.75, 3.05) is 18.4 Å². The number of carbonyl (C=O) groups is 1. The van der Waals surface area contributed by atoms with Crippen LogP contribution in [0.2, 0.25) is 0 Å². The molecule has 2 aromatic carbocycles. The molecule has 5 heterocycles. The number of nitrogens with one attached hydrogen (secondary N) is 3. The molecule has 2 aliphatic heterocycles. The van der Waals surface area contributed by atoms with Crippen LogP contribution in [0, 0.1) is 0 Å². The standard InChI is InChI=1S/C28H24F2N8O/c1-37-23-9-18(3-2-17(23)8-24(37)27(39)38-14-28(29,30)15-38)25-35-22-13-31-12-21(22)26(36-25)34-20-6-4-16(5-7-20)19-10-32-33-11-19/h2-11,31H,12-15H2,1H3,(H,32,33)(H,34,35,36). The summed E-state index contributed by atoms with van der Waals surface area (Å²) in [7, 11) is 1.77. The number of hydrogen-bond acceptors (Lipinski definition) is 6. The molecule has 1 amide bonds. The molecule has 1 saturated heterocycles. The Kier molecular flexibility index (Phi) is 5.24. The topological polar surface area (TPSA) is 104 Å². The molecule has 3 aromatic heterocycles. The highest BCUT2D eigenvalue weighted by Crippen LogP contribution is 2.32. The molecule has 5 aromatic rings.